The summed E-state index contributed by atoms with van der Waals surface area (Å²) in [5.41, 5.74) is 0.818. The molecule has 0 amide bonds. The molecule has 1 heterocycles. The number of benzene rings is 2. The lowest BCUT2D eigenvalue weighted by Crippen LogP contribution is -2.05. The summed E-state index contributed by atoms with van der Waals surface area (Å²) >= 11 is 1.34. The normalized spacial score (nSPS) is 12.4. The predicted octanol–water partition coefficient (Wildman–Crippen LogP) is 7.14. The topological polar surface area (TPSA) is 35.5 Å². The molecular weight excluding hydrogens is 413 g/mol. The van der Waals surface area contributed by atoms with Crippen molar-refractivity contribution in [2.24, 2.45) is 0 Å². The molecule has 0 aliphatic heterocycles. The molecule has 0 saturated carbocycles. The minimum absolute atomic E-state index is 0.213. The van der Waals surface area contributed by atoms with E-state index in [0.29, 0.717) is 29.2 Å². The van der Waals surface area contributed by atoms with E-state index >= 15 is 0 Å². The summed E-state index contributed by atoms with van der Waals surface area (Å²) < 4.78 is 49.2. The molecule has 0 N–H and O–H groups in total. The molecule has 0 saturated heterocycles. The number of hydrogen-bond donors (Lipinski definition) is 0. The highest BCUT2D eigenvalue weighted by molar-refractivity contribution is 7.14. The van der Waals surface area contributed by atoms with Crippen molar-refractivity contribution in [1.82, 2.24) is 0 Å². The highest BCUT2D eigenvalue weighted by Gasteiger charge is 2.30. The maximum absolute atomic E-state index is 12.7. The van der Waals surface area contributed by atoms with Crippen LogP contribution in [0, 0.1) is 0 Å². The molecular formula is C23H21F3O3S. The number of halogens is 3. The van der Waals surface area contributed by atoms with Crippen LogP contribution in [0.2, 0.25) is 0 Å². The van der Waals surface area contributed by atoms with E-state index in [1.807, 2.05) is 25.1 Å². The maximum Gasteiger partial charge on any atom is 0.416 e. The Hall–Kier alpha value is -2.80. The first-order chi connectivity index (χ1) is 14.3. The van der Waals surface area contributed by atoms with Crippen molar-refractivity contribution >= 4 is 17.3 Å². The highest BCUT2D eigenvalue weighted by Crippen LogP contribution is 2.33. The molecule has 3 nitrogen and oxygen atoms in total. The van der Waals surface area contributed by atoms with Crippen molar-refractivity contribution in [2.45, 2.75) is 32.5 Å². The Labute approximate surface area is 177 Å². The molecule has 2 aromatic carbocycles. The van der Waals surface area contributed by atoms with Crippen molar-refractivity contribution in [3.05, 3.63) is 76.0 Å². The largest absolute Gasteiger partial charge is 0.485 e. The Balaban J connectivity index is 1.70. The zero-order valence-electron chi connectivity index (χ0n) is 16.5. The minimum atomic E-state index is -4.35. The third-order valence-corrected chi connectivity index (χ3v) is 5.63. The Morgan fingerprint density at radius 1 is 0.933 bits per heavy atom. The van der Waals surface area contributed by atoms with Crippen molar-refractivity contribution in [2.75, 3.05) is 6.61 Å². The fourth-order valence-corrected chi connectivity index (χ4v) is 3.94. The smallest absolute Gasteiger partial charge is 0.416 e. The average Bonchev–Trinajstić information content (AvgIpc) is 3.22. The van der Waals surface area contributed by atoms with Gasteiger partial charge in [0.15, 0.2) is 0 Å². The van der Waals surface area contributed by atoms with E-state index < -0.39 is 11.7 Å². The minimum Gasteiger partial charge on any atom is -0.485 e. The van der Waals surface area contributed by atoms with Gasteiger partial charge in [-0.15, -0.1) is 11.3 Å². The number of alkyl halides is 3. The number of carbonyl (C=O) groups is 1. The van der Waals surface area contributed by atoms with E-state index in [9.17, 15) is 18.0 Å². The van der Waals surface area contributed by atoms with E-state index in [2.05, 4.69) is 0 Å². The molecule has 0 bridgehead atoms. The van der Waals surface area contributed by atoms with Gasteiger partial charge in [0.1, 0.15) is 16.7 Å². The Morgan fingerprint density at radius 3 is 2.07 bits per heavy atom. The number of ether oxygens (including phenoxy) is 2. The zero-order valence-corrected chi connectivity index (χ0v) is 17.3. The molecule has 1 atom stereocenters. The molecule has 1 aromatic heterocycles. The van der Waals surface area contributed by atoms with Crippen molar-refractivity contribution in [3.63, 3.8) is 0 Å². The summed E-state index contributed by atoms with van der Waals surface area (Å²) in [6.07, 6.45) is -3.85. The third-order valence-electron chi connectivity index (χ3n) is 4.47. The van der Waals surface area contributed by atoms with Crippen LogP contribution in [-0.2, 0) is 10.9 Å². The second-order valence-corrected chi connectivity index (χ2v) is 7.65. The lowest BCUT2D eigenvalue weighted by Gasteiger charge is -2.16. The summed E-state index contributed by atoms with van der Waals surface area (Å²) in [5.74, 6) is 0.299. The molecule has 7 heteroatoms. The summed E-state index contributed by atoms with van der Waals surface area (Å²) in [7, 11) is 0. The fraction of sp³-hybridized carbons (Fsp3) is 0.261. The van der Waals surface area contributed by atoms with Gasteiger partial charge >= 0.3 is 12.1 Å². The predicted molar refractivity (Wildman–Crippen MR) is 111 cm³/mol. The quantitative estimate of drug-likeness (QED) is 0.371. The van der Waals surface area contributed by atoms with Crippen LogP contribution in [0.1, 0.15) is 46.5 Å². The Morgan fingerprint density at radius 2 is 1.53 bits per heavy atom. The van der Waals surface area contributed by atoms with Gasteiger partial charge in [-0.05, 0) is 60.9 Å². The van der Waals surface area contributed by atoms with E-state index in [1.54, 1.807) is 25.1 Å². The molecule has 3 rings (SSSR count). The first-order valence-electron chi connectivity index (χ1n) is 9.53. The SMILES string of the molecule is CCOC(=O)c1ccc([C@@H](CC)Oc2ccc(-c3ccc(C(F)(F)F)cc3)cc2)s1. The summed E-state index contributed by atoms with van der Waals surface area (Å²) in [5, 5.41) is 0. The van der Waals surface area contributed by atoms with Crippen molar-refractivity contribution < 1.29 is 27.4 Å². The lowest BCUT2D eigenvalue weighted by atomic mass is 10.0. The van der Waals surface area contributed by atoms with Gasteiger partial charge in [0.2, 0.25) is 0 Å². The number of esters is 1. The molecule has 30 heavy (non-hydrogen) atoms. The number of hydrogen-bond acceptors (Lipinski definition) is 4. The summed E-state index contributed by atoms with van der Waals surface area (Å²) in [4.78, 5) is 13.3. The molecule has 0 aliphatic rings. The first-order valence-corrected chi connectivity index (χ1v) is 10.3. The maximum atomic E-state index is 12.7. The van der Waals surface area contributed by atoms with Crippen LogP contribution in [0.5, 0.6) is 5.75 Å². The Bertz CT molecular complexity index is 976. The van der Waals surface area contributed by atoms with Crippen LogP contribution in [0.25, 0.3) is 11.1 Å². The lowest BCUT2D eigenvalue weighted by molar-refractivity contribution is -0.137. The first kappa shape index (κ1) is 21.9. The monoisotopic (exact) mass is 434 g/mol. The van der Waals surface area contributed by atoms with Crippen LogP contribution in [0.4, 0.5) is 13.2 Å². The number of thiophene rings is 1. The molecule has 0 aliphatic carbocycles. The van der Waals surface area contributed by atoms with Gasteiger partial charge in [-0.3, -0.25) is 0 Å². The van der Waals surface area contributed by atoms with Gasteiger partial charge in [-0.25, -0.2) is 4.79 Å². The van der Waals surface area contributed by atoms with Crippen molar-refractivity contribution in [3.8, 4) is 16.9 Å². The van der Waals surface area contributed by atoms with Gasteiger partial charge in [0.05, 0.1) is 12.2 Å². The second kappa shape index (κ2) is 9.34. The van der Waals surface area contributed by atoms with Gasteiger partial charge in [-0.1, -0.05) is 31.2 Å². The third kappa shape index (κ3) is 5.21. The van der Waals surface area contributed by atoms with Crippen LogP contribution >= 0.6 is 11.3 Å². The van der Waals surface area contributed by atoms with Crippen LogP contribution in [0.15, 0.2) is 60.7 Å². The van der Waals surface area contributed by atoms with Gasteiger partial charge in [-0.2, -0.15) is 13.2 Å². The molecule has 0 unspecified atom stereocenters. The Kier molecular flexibility index (Phi) is 6.82. The van der Waals surface area contributed by atoms with Gasteiger partial charge < -0.3 is 9.47 Å². The standard InChI is InChI=1S/C23H21F3O3S/c1-3-19(20-13-14-21(30-20)22(27)28-4-2)29-18-11-7-16(8-12-18)15-5-9-17(10-6-15)23(24,25)26/h5-14,19H,3-4H2,1-2H3/t19-/m1/s1. The molecule has 0 fully saturated rings. The zero-order chi connectivity index (χ0) is 21.7. The van der Waals surface area contributed by atoms with E-state index in [-0.39, 0.29) is 12.1 Å². The van der Waals surface area contributed by atoms with Crippen LogP contribution < -0.4 is 4.74 Å². The number of carbonyl (C=O) groups excluding carboxylic acids is 1. The van der Waals surface area contributed by atoms with Crippen molar-refractivity contribution in [1.29, 1.82) is 0 Å². The fourth-order valence-electron chi connectivity index (χ4n) is 2.92. The number of rotatable bonds is 7. The summed E-state index contributed by atoms with van der Waals surface area (Å²) in [6, 6.07) is 15.8. The van der Waals surface area contributed by atoms with E-state index in [0.717, 1.165) is 22.6 Å². The molecule has 0 spiro atoms. The van der Waals surface area contributed by atoms with Gasteiger partial charge in [0.25, 0.3) is 0 Å². The second-order valence-electron chi connectivity index (χ2n) is 6.54. The van der Waals surface area contributed by atoms with Crippen LogP contribution in [0.3, 0.4) is 0 Å². The summed E-state index contributed by atoms with van der Waals surface area (Å²) in [6.45, 7) is 4.08. The molecule has 158 valence electrons. The van der Waals surface area contributed by atoms with Crippen LogP contribution in [-0.4, -0.2) is 12.6 Å². The highest BCUT2D eigenvalue weighted by atomic mass is 32.1. The molecule has 3 aromatic rings. The van der Waals surface area contributed by atoms with E-state index in [1.165, 1.54) is 23.5 Å². The average molecular weight is 434 g/mol. The van der Waals surface area contributed by atoms with Gasteiger partial charge in [0, 0.05) is 4.88 Å². The van der Waals surface area contributed by atoms with E-state index in [4.69, 9.17) is 9.47 Å². The molecule has 0 radical (unpaired) electrons.